The molecule has 0 saturated carbocycles. The first-order valence-electron chi connectivity index (χ1n) is 10.6. The number of nitrogens with zero attached hydrogens (tertiary/aromatic N) is 5. The second-order valence-corrected chi connectivity index (χ2v) is 9.20. The van der Waals surface area contributed by atoms with Crippen LogP contribution in [-0.2, 0) is 22.6 Å². The van der Waals surface area contributed by atoms with E-state index in [1.54, 1.807) is 50.7 Å². The summed E-state index contributed by atoms with van der Waals surface area (Å²) in [6.45, 7) is 1.51. The van der Waals surface area contributed by atoms with E-state index >= 15 is 0 Å². The molecule has 0 spiro atoms. The molecule has 4 aromatic rings. The van der Waals surface area contributed by atoms with E-state index < -0.39 is 0 Å². The fraction of sp³-hybridized carbons (Fsp3) is 0.261. The molecule has 4 rings (SSSR count). The average molecular weight is 621 g/mol. The van der Waals surface area contributed by atoms with Crippen LogP contribution in [0.5, 0.6) is 0 Å². The van der Waals surface area contributed by atoms with Crippen LogP contribution in [0.1, 0.15) is 0 Å². The summed E-state index contributed by atoms with van der Waals surface area (Å²) in [5, 5.41) is 12.2. The summed E-state index contributed by atoms with van der Waals surface area (Å²) in [7, 11) is 3.12. The number of nitriles is 1. The molecule has 0 aliphatic carbocycles. The molecule has 36 heavy (non-hydrogen) atoms. The maximum atomic E-state index is 12.4. The minimum absolute atomic E-state index is 0.147. The van der Waals surface area contributed by atoms with Crippen molar-refractivity contribution < 1.29 is 9.47 Å². The topological polar surface area (TPSA) is 150 Å². The molecule has 3 N–H and O–H groups in total. The summed E-state index contributed by atoms with van der Waals surface area (Å²) in [4.78, 5) is 33.0. The van der Waals surface area contributed by atoms with Crippen molar-refractivity contribution in [3.63, 3.8) is 0 Å². The Bertz CT molecular complexity index is 1550. The van der Waals surface area contributed by atoms with Crippen molar-refractivity contribution >= 4 is 65.6 Å². The van der Waals surface area contributed by atoms with Crippen molar-refractivity contribution in [2.45, 2.75) is 13.1 Å². The monoisotopic (exact) mass is 619 g/mol. The van der Waals surface area contributed by atoms with Gasteiger partial charge in [0.1, 0.15) is 0 Å². The summed E-state index contributed by atoms with van der Waals surface area (Å²) in [6, 6.07) is 10.6. The van der Waals surface area contributed by atoms with Crippen molar-refractivity contribution in [1.29, 1.82) is 5.26 Å². The third-order valence-electron chi connectivity index (χ3n) is 5.07. The Morgan fingerprint density at radius 3 is 1.94 bits per heavy atom. The van der Waals surface area contributed by atoms with E-state index in [0.717, 1.165) is 8.95 Å². The van der Waals surface area contributed by atoms with Gasteiger partial charge in [-0.25, -0.2) is 9.97 Å². The molecule has 0 saturated heterocycles. The van der Waals surface area contributed by atoms with Gasteiger partial charge in [-0.15, -0.1) is 0 Å². The fourth-order valence-electron chi connectivity index (χ4n) is 3.34. The van der Waals surface area contributed by atoms with Gasteiger partial charge in [-0.2, -0.15) is 5.26 Å². The van der Waals surface area contributed by atoms with Gasteiger partial charge in [-0.1, -0.05) is 31.9 Å². The number of nitrogens with one attached hydrogen (secondary N) is 1. The molecular weight excluding hydrogens is 598 g/mol. The average Bonchev–Trinajstić information content (AvgIpc) is 2.85. The van der Waals surface area contributed by atoms with Crippen LogP contribution < -0.4 is 22.2 Å². The predicted molar refractivity (Wildman–Crippen MR) is 145 cm³/mol. The molecule has 188 valence electrons. The van der Waals surface area contributed by atoms with Crippen LogP contribution in [0.3, 0.4) is 0 Å². The lowest BCUT2D eigenvalue weighted by molar-refractivity contribution is 0.186. The van der Waals surface area contributed by atoms with E-state index in [1.165, 1.54) is 9.13 Å². The number of nitrogen functional groups attached to an aromatic ring is 1. The van der Waals surface area contributed by atoms with Crippen LogP contribution in [0.25, 0.3) is 21.8 Å². The third-order valence-corrected chi connectivity index (χ3v) is 6.05. The van der Waals surface area contributed by atoms with Crippen LogP contribution in [0.15, 0.2) is 54.9 Å². The van der Waals surface area contributed by atoms with Gasteiger partial charge in [0, 0.05) is 23.2 Å². The summed E-state index contributed by atoms with van der Waals surface area (Å²) < 4.78 is 14.4. The zero-order valence-corrected chi connectivity index (χ0v) is 22.7. The normalized spacial score (nSPS) is 10.6. The molecule has 0 unspecified atom stereocenters. The third kappa shape index (κ3) is 6.27. The van der Waals surface area contributed by atoms with Gasteiger partial charge in [-0.3, -0.25) is 24.0 Å². The van der Waals surface area contributed by atoms with Crippen molar-refractivity contribution in [3.8, 4) is 6.19 Å². The van der Waals surface area contributed by atoms with Crippen molar-refractivity contribution in [1.82, 2.24) is 19.1 Å². The van der Waals surface area contributed by atoms with E-state index in [9.17, 15) is 9.59 Å². The Hall–Kier alpha value is -3.31. The molecule has 0 aliphatic rings. The lowest BCUT2D eigenvalue weighted by Crippen LogP contribution is -2.26. The molecule has 0 aliphatic heterocycles. The van der Waals surface area contributed by atoms with Crippen LogP contribution in [0, 0.1) is 11.5 Å². The smallest absolute Gasteiger partial charge is 0.262 e. The number of nitrogens with two attached hydrogens (primary N) is 1. The molecule has 2 aromatic carbocycles. The lowest BCUT2D eigenvalue weighted by Gasteiger charge is -2.11. The first-order valence-corrected chi connectivity index (χ1v) is 12.2. The number of hydrogen-bond donors (Lipinski definition) is 2. The second-order valence-electron chi connectivity index (χ2n) is 7.36. The number of aromatic nitrogens is 4. The van der Waals surface area contributed by atoms with Crippen molar-refractivity contribution in [3.05, 3.63) is 66.1 Å². The fourth-order valence-corrected chi connectivity index (χ4v) is 4.06. The highest BCUT2D eigenvalue weighted by Crippen LogP contribution is 2.18. The van der Waals surface area contributed by atoms with Gasteiger partial charge in [0.25, 0.3) is 11.1 Å². The minimum atomic E-state index is -0.207. The highest BCUT2D eigenvalue weighted by molar-refractivity contribution is 9.10. The van der Waals surface area contributed by atoms with E-state index in [2.05, 4.69) is 47.1 Å². The number of hydrogen-bond acceptors (Lipinski definition) is 9. The first-order chi connectivity index (χ1) is 17.3. The molecule has 0 atom stereocenters. The Morgan fingerprint density at radius 2 is 1.42 bits per heavy atom. The molecule has 2 heterocycles. The number of rotatable bonds is 7. The largest absolute Gasteiger partial charge is 0.383 e. The molecule has 11 nitrogen and oxygen atoms in total. The quantitative estimate of drug-likeness (QED) is 0.235. The maximum Gasteiger partial charge on any atom is 0.262 e. The molecule has 0 amide bonds. The number of benzene rings is 2. The summed E-state index contributed by atoms with van der Waals surface area (Å²) in [5.74, 6) is 0.432. The number of methoxy groups -OCH3 is 2. The molecule has 0 radical (unpaired) electrons. The number of halogens is 2. The van der Waals surface area contributed by atoms with Gasteiger partial charge >= 0.3 is 0 Å². The second kappa shape index (κ2) is 12.6. The predicted octanol–water partition coefficient (Wildman–Crippen LogP) is 3.09. The minimum Gasteiger partial charge on any atom is -0.383 e. The Kier molecular flexibility index (Phi) is 9.54. The highest BCUT2D eigenvalue weighted by Gasteiger charge is 2.11. The van der Waals surface area contributed by atoms with Crippen LogP contribution in [-0.4, -0.2) is 46.5 Å². The number of ether oxygens (including phenoxy) is 2. The van der Waals surface area contributed by atoms with Gasteiger partial charge in [0.05, 0.1) is 48.1 Å². The van der Waals surface area contributed by atoms with Crippen molar-refractivity contribution in [2.24, 2.45) is 0 Å². The Labute approximate surface area is 222 Å². The van der Waals surface area contributed by atoms with Crippen LogP contribution in [0.2, 0.25) is 0 Å². The number of fused-ring (bicyclic) bond motifs is 2. The standard InChI is InChI=1S/C12H11BrN4O2.C11H12BrN3O2/c1-19-5-4-17-11(18)9-6-8(13)2-3-10(9)16-12(17)15-7-14;1-17-5-4-15-10(16)8-6-7(12)2-3-9(8)14-11(15)13/h2-3,6H,4-5H2,1H3,(H,15,16);2-3,6H,4-5H2,1H3,(H2,13,14). The molecular formula is C23H23Br2N7O4. The van der Waals surface area contributed by atoms with Gasteiger partial charge < -0.3 is 15.2 Å². The maximum absolute atomic E-state index is 12.4. The zero-order chi connectivity index (χ0) is 26.2. The molecule has 0 fully saturated rings. The summed E-state index contributed by atoms with van der Waals surface area (Å²) >= 11 is 6.65. The molecule has 13 heteroatoms. The van der Waals surface area contributed by atoms with E-state index in [1.807, 2.05) is 6.07 Å². The van der Waals surface area contributed by atoms with Crippen LogP contribution in [0.4, 0.5) is 11.9 Å². The van der Waals surface area contributed by atoms with Gasteiger partial charge in [0.2, 0.25) is 11.9 Å². The van der Waals surface area contributed by atoms with Gasteiger partial charge in [0.15, 0.2) is 6.19 Å². The lowest BCUT2D eigenvalue weighted by atomic mass is 10.2. The summed E-state index contributed by atoms with van der Waals surface area (Å²) in [5.41, 5.74) is 6.54. The summed E-state index contributed by atoms with van der Waals surface area (Å²) in [6.07, 6.45) is 1.78. The van der Waals surface area contributed by atoms with Crippen molar-refractivity contribution in [2.75, 3.05) is 38.5 Å². The molecule has 0 bridgehead atoms. The highest BCUT2D eigenvalue weighted by atomic mass is 79.9. The Balaban J connectivity index is 0.000000202. The van der Waals surface area contributed by atoms with E-state index in [4.69, 9.17) is 20.5 Å². The zero-order valence-electron chi connectivity index (χ0n) is 19.5. The molecule has 2 aromatic heterocycles. The number of anilines is 2. The first kappa shape index (κ1) is 27.3. The SMILES string of the molecule is COCCn1c(N)nc2ccc(Br)cc2c1=O.COCCn1c(NC#N)nc2ccc(Br)cc2c1=O. The van der Waals surface area contributed by atoms with Crippen LogP contribution >= 0.6 is 31.9 Å². The van der Waals surface area contributed by atoms with E-state index in [-0.39, 0.29) is 23.0 Å². The van der Waals surface area contributed by atoms with Gasteiger partial charge in [-0.05, 0) is 36.4 Å². The van der Waals surface area contributed by atoms with E-state index in [0.29, 0.717) is 48.1 Å². The Morgan fingerprint density at radius 1 is 0.917 bits per heavy atom.